The minimum absolute atomic E-state index is 0.0874. The van der Waals surface area contributed by atoms with Crippen molar-refractivity contribution in [2.24, 2.45) is 10.8 Å². The number of hydrogen-bond acceptors (Lipinski definition) is 4. The molecule has 0 spiro atoms. The van der Waals surface area contributed by atoms with Crippen molar-refractivity contribution < 1.29 is 14.3 Å². The minimum atomic E-state index is -0.337. The predicted molar refractivity (Wildman–Crippen MR) is 127 cm³/mol. The van der Waals surface area contributed by atoms with Crippen molar-refractivity contribution in [3.05, 3.63) is 52.4 Å². The number of ketones is 2. The number of rotatable bonds is 6. The van der Waals surface area contributed by atoms with Gasteiger partial charge < -0.3 is 10.1 Å². The number of nitrogens with one attached hydrogen (secondary N) is 1. The highest BCUT2D eigenvalue weighted by Gasteiger charge is 2.46. The van der Waals surface area contributed by atoms with Gasteiger partial charge in [0.1, 0.15) is 5.75 Å². The van der Waals surface area contributed by atoms with Gasteiger partial charge in [-0.25, -0.2) is 0 Å². The van der Waals surface area contributed by atoms with Crippen molar-refractivity contribution in [3.8, 4) is 5.75 Å². The van der Waals surface area contributed by atoms with Gasteiger partial charge in [0, 0.05) is 46.9 Å². The number of benzene rings is 1. The second kappa shape index (κ2) is 8.53. The van der Waals surface area contributed by atoms with Crippen LogP contribution in [0.4, 0.5) is 0 Å². The molecule has 3 aliphatic rings. The third kappa shape index (κ3) is 4.42. The van der Waals surface area contributed by atoms with E-state index < -0.39 is 0 Å². The zero-order valence-electron chi connectivity index (χ0n) is 20.3. The molecule has 2 aliphatic carbocycles. The van der Waals surface area contributed by atoms with E-state index in [1.807, 2.05) is 24.3 Å². The lowest BCUT2D eigenvalue weighted by molar-refractivity contribution is -0.119. The molecule has 1 aromatic rings. The molecule has 0 aromatic heterocycles. The summed E-state index contributed by atoms with van der Waals surface area (Å²) in [5, 5.41) is 3.59. The smallest absolute Gasteiger partial charge is 0.162 e. The summed E-state index contributed by atoms with van der Waals surface area (Å²) in [6, 6.07) is 7.99. The van der Waals surface area contributed by atoms with Gasteiger partial charge in [-0.05, 0) is 36.2 Å². The Balaban J connectivity index is 1.83. The van der Waals surface area contributed by atoms with Crippen LogP contribution in [0.15, 0.2) is 46.8 Å². The van der Waals surface area contributed by atoms with Crippen LogP contribution in [0, 0.1) is 10.8 Å². The Hall–Kier alpha value is -2.36. The van der Waals surface area contributed by atoms with Gasteiger partial charge in [-0.3, -0.25) is 9.59 Å². The number of Topliss-reactive ketones (excluding diaryl/α,β-unsaturated/α-hetero) is 2. The van der Waals surface area contributed by atoms with Gasteiger partial charge in [0.15, 0.2) is 11.6 Å². The van der Waals surface area contributed by atoms with Gasteiger partial charge in [-0.1, -0.05) is 65.7 Å². The first kappa shape index (κ1) is 22.8. The Morgan fingerprint density at radius 3 is 2.00 bits per heavy atom. The van der Waals surface area contributed by atoms with E-state index in [-0.39, 0.29) is 28.3 Å². The summed E-state index contributed by atoms with van der Waals surface area (Å²) in [4.78, 5) is 26.9. The second-order valence-electron chi connectivity index (χ2n) is 11.3. The molecule has 0 amide bonds. The largest absolute Gasteiger partial charge is 0.493 e. The van der Waals surface area contributed by atoms with E-state index in [0.717, 1.165) is 66.0 Å². The predicted octanol–water partition coefficient (Wildman–Crippen LogP) is 6.23. The molecule has 4 rings (SSSR count). The fourth-order valence-corrected chi connectivity index (χ4v) is 5.58. The fraction of sp³-hybridized carbons (Fsp3) is 0.571. The maximum atomic E-state index is 13.5. The molecule has 1 aromatic carbocycles. The van der Waals surface area contributed by atoms with Gasteiger partial charge in [-0.15, -0.1) is 0 Å². The Bertz CT molecular complexity index is 944. The Labute approximate surface area is 192 Å². The minimum Gasteiger partial charge on any atom is -0.493 e. The van der Waals surface area contributed by atoms with Crippen LogP contribution in [0.25, 0.3) is 0 Å². The number of para-hydroxylation sites is 1. The zero-order chi connectivity index (χ0) is 23.1. The van der Waals surface area contributed by atoms with E-state index in [9.17, 15) is 9.59 Å². The van der Waals surface area contributed by atoms with Gasteiger partial charge in [-0.2, -0.15) is 0 Å². The van der Waals surface area contributed by atoms with Crippen LogP contribution in [-0.4, -0.2) is 18.2 Å². The third-order valence-electron chi connectivity index (χ3n) is 6.95. The molecular formula is C28H37NO3. The fourth-order valence-electron chi connectivity index (χ4n) is 5.58. The number of allylic oxidation sites excluding steroid dienone is 4. The van der Waals surface area contributed by atoms with Crippen LogP contribution in [0.3, 0.4) is 0 Å². The van der Waals surface area contributed by atoms with Crippen molar-refractivity contribution in [2.45, 2.75) is 85.5 Å². The van der Waals surface area contributed by atoms with E-state index in [4.69, 9.17) is 4.74 Å². The molecule has 172 valence electrons. The maximum absolute atomic E-state index is 13.5. The first-order valence-electron chi connectivity index (χ1n) is 12.1. The lowest BCUT2D eigenvalue weighted by Crippen LogP contribution is -2.42. The lowest BCUT2D eigenvalue weighted by atomic mass is 9.64. The molecule has 0 bridgehead atoms. The first-order valence-corrected chi connectivity index (χ1v) is 12.1. The summed E-state index contributed by atoms with van der Waals surface area (Å²) >= 11 is 0. The van der Waals surface area contributed by atoms with Crippen LogP contribution < -0.4 is 10.1 Å². The van der Waals surface area contributed by atoms with Gasteiger partial charge in [0.25, 0.3) is 0 Å². The van der Waals surface area contributed by atoms with Crippen molar-refractivity contribution in [1.29, 1.82) is 0 Å². The molecule has 32 heavy (non-hydrogen) atoms. The van der Waals surface area contributed by atoms with E-state index >= 15 is 0 Å². The van der Waals surface area contributed by atoms with E-state index in [0.29, 0.717) is 19.4 Å². The van der Waals surface area contributed by atoms with Gasteiger partial charge in [0.2, 0.25) is 0 Å². The molecule has 0 radical (unpaired) electrons. The molecule has 4 nitrogen and oxygen atoms in total. The highest BCUT2D eigenvalue weighted by Crippen LogP contribution is 2.52. The summed E-state index contributed by atoms with van der Waals surface area (Å²) in [6.45, 7) is 11.4. The van der Waals surface area contributed by atoms with Crippen LogP contribution in [0.1, 0.15) is 91.0 Å². The number of ether oxygens (including phenoxy) is 1. The quantitative estimate of drug-likeness (QED) is 0.538. The lowest BCUT2D eigenvalue weighted by Gasteiger charge is -2.44. The number of unbranched alkanes of at least 4 members (excludes halogenated alkanes) is 2. The van der Waals surface area contributed by atoms with Crippen molar-refractivity contribution >= 4 is 11.6 Å². The monoisotopic (exact) mass is 435 g/mol. The third-order valence-corrected chi connectivity index (χ3v) is 6.95. The Morgan fingerprint density at radius 2 is 1.44 bits per heavy atom. The number of hydrogen-bond donors (Lipinski definition) is 1. The first-order chi connectivity index (χ1) is 15.1. The summed E-state index contributed by atoms with van der Waals surface area (Å²) in [5.41, 5.74) is 4.34. The van der Waals surface area contributed by atoms with Crippen LogP contribution in [-0.2, 0) is 9.59 Å². The topological polar surface area (TPSA) is 55.4 Å². The summed E-state index contributed by atoms with van der Waals surface area (Å²) < 4.78 is 6.22. The number of carbonyl (C=O) groups excluding carboxylic acids is 2. The molecule has 0 fully saturated rings. The van der Waals surface area contributed by atoms with Crippen LogP contribution in [0.2, 0.25) is 0 Å². The Morgan fingerprint density at radius 1 is 0.875 bits per heavy atom. The molecule has 0 atom stereocenters. The van der Waals surface area contributed by atoms with Crippen LogP contribution >= 0.6 is 0 Å². The van der Waals surface area contributed by atoms with E-state index in [1.54, 1.807) is 0 Å². The average molecular weight is 436 g/mol. The zero-order valence-corrected chi connectivity index (χ0v) is 20.3. The van der Waals surface area contributed by atoms with E-state index in [1.165, 1.54) is 0 Å². The number of carbonyl (C=O) groups is 2. The van der Waals surface area contributed by atoms with Crippen molar-refractivity contribution in [1.82, 2.24) is 5.32 Å². The summed E-state index contributed by atoms with van der Waals surface area (Å²) in [6.07, 6.45) is 5.91. The van der Waals surface area contributed by atoms with Gasteiger partial charge >= 0.3 is 0 Å². The molecule has 1 heterocycles. The van der Waals surface area contributed by atoms with Crippen molar-refractivity contribution in [3.63, 3.8) is 0 Å². The maximum Gasteiger partial charge on any atom is 0.162 e. The van der Waals surface area contributed by atoms with Crippen molar-refractivity contribution in [2.75, 3.05) is 6.61 Å². The normalized spacial score (nSPS) is 22.4. The SMILES string of the molecule is CCCCCOc1ccccc1C1C2=C(CC(C)(C)CC2=O)NC2=C1C(=O)CC(C)(C)C2. The highest BCUT2D eigenvalue weighted by molar-refractivity contribution is 6.07. The van der Waals surface area contributed by atoms with Gasteiger partial charge in [0.05, 0.1) is 6.61 Å². The second-order valence-corrected chi connectivity index (χ2v) is 11.3. The van der Waals surface area contributed by atoms with Crippen LogP contribution in [0.5, 0.6) is 5.75 Å². The average Bonchev–Trinajstić information content (AvgIpc) is 2.68. The molecular weight excluding hydrogens is 398 g/mol. The molecule has 1 aliphatic heterocycles. The molecule has 0 saturated heterocycles. The summed E-state index contributed by atoms with van der Waals surface area (Å²) in [7, 11) is 0. The Kier molecular flexibility index (Phi) is 6.08. The highest BCUT2D eigenvalue weighted by atomic mass is 16.5. The standard InChI is InChI=1S/C28H37NO3/c1-6-7-10-13-32-23-12-9-8-11-18(23)24-25-19(14-27(2,3)16-21(25)30)29-20-15-28(4,5)17-22(31)26(20)24/h8-9,11-12,24,29H,6-7,10,13-17H2,1-5H3. The summed E-state index contributed by atoms with van der Waals surface area (Å²) in [5.74, 6) is 0.762. The molecule has 0 saturated carbocycles. The van der Waals surface area contributed by atoms with E-state index in [2.05, 4.69) is 39.9 Å². The number of dihydropyridines is 1. The molecule has 1 N–H and O–H groups in total. The molecule has 4 heteroatoms. The molecule has 0 unspecified atom stereocenters.